The van der Waals surface area contributed by atoms with Gasteiger partial charge in [-0.15, -0.1) is 0 Å². The summed E-state index contributed by atoms with van der Waals surface area (Å²) in [6, 6.07) is 11.7. The van der Waals surface area contributed by atoms with Gasteiger partial charge in [0.05, 0.1) is 28.2 Å². The Bertz CT molecular complexity index is 954. The summed E-state index contributed by atoms with van der Waals surface area (Å²) < 4.78 is 15.7. The summed E-state index contributed by atoms with van der Waals surface area (Å²) in [5.74, 6) is 0.346. The number of hydrogen-bond donors (Lipinski definition) is 0. The normalized spacial score (nSPS) is 11.1. The lowest BCUT2D eigenvalue weighted by molar-refractivity contribution is 0.0737. The number of halogens is 2. The van der Waals surface area contributed by atoms with Crippen LogP contribution in [-0.4, -0.2) is 26.9 Å². The van der Waals surface area contributed by atoms with E-state index in [2.05, 4.69) is 11.9 Å². The Hall–Kier alpha value is -2.40. The van der Waals surface area contributed by atoms with Crippen LogP contribution in [0, 0.1) is 5.82 Å². The SMILES string of the molecule is CCCN(Cc1nc2ccc(F)cc2n1CCC)C(=O)c1ccccc1Cl. The van der Waals surface area contributed by atoms with Crippen molar-refractivity contribution in [1.29, 1.82) is 0 Å². The van der Waals surface area contributed by atoms with Crippen LogP contribution < -0.4 is 0 Å². The number of carbonyl (C=O) groups is 1. The summed E-state index contributed by atoms with van der Waals surface area (Å²) in [7, 11) is 0. The van der Waals surface area contributed by atoms with E-state index in [4.69, 9.17) is 11.6 Å². The van der Waals surface area contributed by atoms with E-state index in [1.54, 1.807) is 35.2 Å². The zero-order valence-corrected chi connectivity index (χ0v) is 16.3. The highest BCUT2D eigenvalue weighted by Gasteiger charge is 2.21. The van der Waals surface area contributed by atoms with Gasteiger partial charge in [0, 0.05) is 13.1 Å². The van der Waals surface area contributed by atoms with Crippen molar-refractivity contribution < 1.29 is 9.18 Å². The van der Waals surface area contributed by atoms with E-state index in [0.29, 0.717) is 23.7 Å². The first kappa shape index (κ1) is 19.4. The second-order valence-electron chi connectivity index (χ2n) is 6.52. The van der Waals surface area contributed by atoms with Crippen molar-refractivity contribution in [3.05, 3.63) is 64.7 Å². The van der Waals surface area contributed by atoms with Crippen LogP contribution in [0.2, 0.25) is 5.02 Å². The highest BCUT2D eigenvalue weighted by atomic mass is 35.5. The topological polar surface area (TPSA) is 38.1 Å². The minimum atomic E-state index is -0.288. The highest BCUT2D eigenvalue weighted by molar-refractivity contribution is 6.33. The van der Waals surface area contributed by atoms with Crippen LogP contribution in [0.25, 0.3) is 11.0 Å². The zero-order chi connectivity index (χ0) is 19.4. The molecule has 0 saturated heterocycles. The Labute approximate surface area is 163 Å². The number of imidazole rings is 1. The molecule has 0 fully saturated rings. The first-order valence-electron chi connectivity index (χ1n) is 9.23. The van der Waals surface area contributed by atoms with Crippen LogP contribution in [0.4, 0.5) is 4.39 Å². The van der Waals surface area contributed by atoms with Gasteiger partial charge in [0.15, 0.2) is 0 Å². The van der Waals surface area contributed by atoms with Crippen LogP contribution in [0.15, 0.2) is 42.5 Å². The fourth-order valence-corrected chi connectivity index (χ4v) is 3.45. The molecule has 0 saturated carbocycles. The molecule has 0 N–H and O–H groups in total. The number of carbonyl (C=O) groups excluding carboxylic acids is 1. The summed E-state index contributed by atoms with van der Waals surface area (Å²) >= 11 is 6.22. The molecule has 3 aromatic rings. The smallest absolute Gasteiger partial charge is 0.255 e. The van der Waals surface area contributed by atoms with Gasteiger partial charge in [-0.25, -0.2) is 9.37 Å². The minimum Gasteiger partial charge on any atom is -0.331 e. The summed E-state index contributed by atoms with van der Waals surface area (Å²) in [5, 5.41) is 0.438. The predicted molar refractivity (Wildman–Crippen MR) is 106 cm³/mol. The Morgan fingerprint density at radius 3 is 2.67 bits per heavy atom. The van der Waals surface area contributed by atoms with Crippen molar-refractivity contribution in [3.63, 3.8) is 0 Å². The predicted octanol–water partition coefficient (Wildman–Crippen LogP) is 5.29. The molecule has 0 bridgehead atoms. The van der Waals surface area contributed by atoms with E-state index in [-0.39, 0.29) is 11.7 Å². The molecule has 1 heterocycles. The van der Waals surface area contributed by atoms with E-state index in [0.717, 1.165) is 36.2 Å². The fourth-order valence-electron chi connectivity index (χ4n) is 3.24. The molecular formula is C21H23ClFN3O. The first-order valence-corrected chi connectivity index (χ1v) is 9.61. The average molecular weight is 388 g/mol. The van der Waals surface area contributed by atoms with Crippen LogP contribution in [0.3, 0.4) is 0 Å². The number of aromatic nitrogens is 2. The number of amides is 1. The molecule has 0 unspecified atom stereocenters. The van der Waals surface area contributed by atoms with Crippen molar-refractivity contribution in [3.8, 4) is 0 Å². The second kappa shape index (κ2) is 8.53. The van der Waals surface area contributed by atoms with E-state index in [9.17, 15) is 9.18 Å². The number of aryl methyl sites for hydroxylation is 1. The summed E-state index contributed by atoms with van der Waals surface area (Å²) in [4.78, 5) is 19.5. The van der Waals surface area contributed by atoms with Crippen LogP contribution in [0.5, 0.6) is 0 Å². The molecule has 4 nitrogen and oxygen atoms in total. The fraction of sp³-hybridized carbons (Fsp3) is 0.333. The maximum absolute atomic E-state index is 13.7. The Morgan fingerprint density at radius 2 is 1.96 bits per heavy atom. The lowest BCUT2D eigenvalue weighted by Crippen LogP contribution is -2.32. The maximum atomic E-state index is 13.7. The lowest BCUT2D eigenvalue weighted by atomic mass is 10.2. The average Bonchev–Trinajstić information content (AvgIpc) is 2.98. The molecule has 1 amide bonds. The molecule has 0 atom stereocenters. The molecule has 3 rings (SSSR count). The van der Waals surface area contributed by atoms with Crippen LogP contribution in [-0.2, 0) is 13.1 Å². The van der Waals surface area contributed by atoms with Gasteiger partial charge in [-0.3, -0.25) is 4.79 Å². The lowest BCUT2D eigenvalue weighted by Gasteiger charge is -2.23. The molecule has 142 valence electrons. The molecule has 27 heavy (non-hydrogen) atoms. The van der Waals surface area contributed by atoms with Crippen molar-refractivity contribution in [1.82, 2.24) is 14.5 Å². The number of rotatable bonds is 7. The largest absolute Gasteiger partial charge is 0.331 e. The minimum absolute atomic E-state index is 0.122. The Morgan fingerprint density at radius 1 is 1.19 bits per heavy atom. The van der Waals surface area contributed by atoms with Crippen molar-refractivity contribution in [2.45, 2.75) is 39.8 Å². The van der Waals surface area contributed by atoms with Crippen LogP contribution >= 0.6 is 11.6 Å². The molecule has 0 aliphatic carbocycles. The molecule has 0 radical (unpaired) electrons. The number of hydrogen-bond acceptors (Lipinski definition) is 2. The van der Waals surface area contributed by atoms with Gasteiger partial charge < -0.3 is 9.47 Å². The van der Waals surface area contributed by atoms with Gasteiger partial charge >= 0.3 is 0 Å². The molecule has 1 aromatic heterocycles. The van der Waals surface area contributed by atoms with Gasteiger partial charge in [0.25, 0.3) is 5.91 Å². The number of fused-ring (bicyclic) bond motifs is 1. The van der Waals surface area contributed by atoms with Crippen molar-refractivity contribution in [2.75, 3.05) is 6.54 Å². The second-order valence-corrected chi connectivity index (χ2v) is 6.93. The van der Waals surface area contributed by atoms with Gasteiger partial charge in [-0.05, 0) is 43.2 Å². The molecular weight excluding hydrogens is 365 g/mol. The number of benzene rings is 2. The summed E-state index contributed by atoms with van der Waals surface area (Å²) in [6.07, 6.45) is 1.71. The maximum Gasteiger partial charge on any atom is 0.255 e. The third kappa shape index (κ3) is 4.14. The Kier molecular flexibility index (Phi) is 6.11. The van der Waals surface area contributed by atoms with E-state index in [1.165, 1.54) is 12.1 Å². The third-order valence-corrected chi connectivity index (χ3v) is 4.78. The first-order chi connectivity index (χ1) is 13.0. The van der Waals surface area contributed by atoms with E-state index >= 15 is 0 Å². The molecule has 6 heteroatoms. The monoisotopic (exact) mass is 387 g/mol. The molecule has 0 aliphatic heterocycles. The molecule has 0 spiro atoms. The van der Waals surface area contributed by atoms with Gasteiger partial charge in [0.2, 0.25) is 0 Å². The Balaban J connectivity index is 1.98. The summed E-state index contributed by atoms with van der Waals surface area (Å²) in [6.45, 7) is 5.75. The van der Waals surface area contributed by atoms with Gasteiger partial charge in [-0.2, -0.15) is 0 Å². The third-order valence-electron chi connectivity index (χ3n) is 4.45. The molecule has 2 aromatic carbocycles. The quantitative estimate of drug-likeness (QED) is 0.552. The van der Waals surface area contributed by atoms with Crippen LogP contribution in [0.1, 0.15) is 42.9 Å². The number of nitrogens with zero attached hydrogens (tertiary/aromatic N) is 3. The van der Waals surface area contributed by atoms with Crippen molar-refractivity contribution >= 4 is 28.5 Å². The van der Waals surface area contributed by atoms with Gasteiger partial charge in [-0.1, -0.05) is 37.6 Å². The van der Waals surface area contributed by atoms with E-state index in [1.807, 2.05) is 11.5 Å². The van der Waals surface area contributed by atoms with Crippen molar-refractivity contribution in [2.24, 2.45) is 0 Å². The molecule has 0 aliphatic rings. The highest BCUT2D eigenvalue weighted by Crippen LogP contribution is 2.22. The summed E-state index contributed by atoms with van der Waals surface area (Å²) in [5.41, 5.74) is 1.98. The standard InChI is InChI=1S/C21H23ClFN3O/c1-3-11-25(21(27)16-7-5-6-8-17(16)22)14-20-24-18-10-9-15(23)13-19(18)26(20)12-4-2/h5-10,13H,3-4,11-12,14H2,1-2H3. The van der Waals surface area contributed by atoms with E-state index < -0.39 is 0 Å². The zero-order valence-electron chi connectivity index (χ0n) is 15.6. The van der Waals surface area contributed by atoms with Gasteiger partial charge in [0.1, 0.15) is 11.6 Å².